The monoisotopic (exact) mass is 672 g/mol. The quantitative estimate of drug-likeness (QED) is 0.171. The number of likely N-dealkylation sites (N-methyl/N-ethyl adjacent to an activating group) is 1. The highest BCUT2D eigenvalue weighted by molar-refractivity contribution is 7.15. The van der Waals surface area contributed by atoms with Gasteiger partial charge in [-0.15, -0.1) is 11.3 Å². The van der Waals surface area contributed by atoms with Crippen LogP contribution in [0.4, 0.5) is 4.39 Å². The number of rotatable bonds is 8. The SMILES string of the molecule is Cc1ncc(-c2cn(C3C4CNC3C4)c3c2c(OCC2CCCN2C)nc2c(F)c(-c4cc(O)cc5ccccc45)c(CCC#N)cc23)s1. The minimum Gasteiger partial charge on any atom is -0.508 e. The zero-order chi connectivity index (χ0) is 33.4. The molecule has 3 aromatic carbocycles. The Balaban J connectivity index is 1.36. The molecule has 6 heterocycles. The van der Waals surface area contributed by atoms with Crippen molar-refractivity contribution in [2.75, 3.05) is 26.7 Å². The molecule has 4 unspecified atom stereocenters. The van der Waals surface area contributed by atoms with E-state index in [2.05, 4.69) is 39.1 Å². The molecule has 0 amide bonds. The molecule has 4 aliphatic rings. The lowest BCUT2D eigenvalue weighted by Crippen LogP contribution is -2.38. The second-order valence-electron chi connectivity index (χ2n) is 13.9. The second-order valence-corrected chi connectivity index (χ2v) is 15.2. The van der Waals surface area contributed by atoms with E-state index in [1.807, 2.05) is 43.5 Å². The fraction of sp³-hybridized carbons (Fsp3) is 0.359. The first kappa shape index (κ1) is 30.5. The van der Waals surface area contributed by atoms with E-state index in [-0.39, 0.29) is 29.8 Å². The van der Waals surface area contributed by atoms with Crippen LogP contribution in [-0.4, -0.2) is 63.4 Å². The van der Waals surface area contributed by atoms with Crippen LogP contribution < -0.4 is 10.1 Å². The third kappa shape index (κ3) is 4.90. The summed E-state index contributed by atoms with van der Waals surface area (Å²) in [6.45, 7) is 4.45. The normalized spacial score (nSPS) is 21.9. The Morgan fingerprint density at radius 3 is 2.80 bits per heavy atom. The fourth-order valence-electron chi connectivity index (χ4n) is 8.58. The van der Waals surface area contributed by atoms with Gasteiger partial charge in [0.25, 0.3) is 0 Å². The van der Waals surface area contributed by atoms with Crippen molar-refractivity contribution in [3.05, 3.63) is 71.2 Å². The van der Waals surface area contributed by atoms with Crippen molar-refractivity contribution in [2.45, 2.75) is 57.2 Å². The summed E-state index contributed by atoms with van der Waals surface area (Å²) in [5.74, 6) is 0.497. The van der Waals surface area contributed by atoms with Gasteiger partial charge in [0.2, 0.25) is 5.88 Å². The predicted octanol–water partition coefficient (Wildman–Crippen LogP) is 7.75. The number of hydrogen-bond acceptors (Lipinski definition) is 8. The highest BCUT2D eigenvalue weighted by Gasteiger charge is 2.48. The number of halogens is 1. The summed E-state index contributed by atoms with van der Waals surface area (Å²) in [6.07, 6.45) is 7.99. The van der Waals surface area contributed by atoms with Crippen LogP contribution in [0.5, 0.6) is 11.6 Å². The van der Waals surface area contributed by atoms with Gasteiger partial charge in [0, 0.05) is 54.0 Å². The zero-order valence-electron chi connectivity index (χ0n) is 27.5. The number of aryl methyl sites for hydroxylation is 2. The number of aromatic nitrogens is 3. The number of thiazole rings is 1. The number of fused-ring (bicyclic) bond motifs is 5. The Morgan fingerprint density at radius 1 is 1.18 bits per heavy atom. The molecule has 3 aliphatic heterocycles. The van der Waals surface area contributed by atoms with Gasteiger partial charge in [0.15, 0.2) is 5.82 Å². The van der Waals surface area contributed by atoms with Crippen LogP contribution in [0.15, 0.2) is 54.9 Å². The Kier molecular flexibility index (Phi) is 7.34. The standard InChI is InChI=1S/C39H37FN6O2S/c1-21-42-18-32(49-21)30-19-46(37-24-15-31(37)43-17-24)38-29-14-23(8-5-11-41)33(28-16-26(47)13-22-7-3-4-10-27(22)28)35(40)36(29)44-39(34(30)38)48-20-25-9-6-12-45(25)2/h3-4,7,10,13-14,16,18-19,24-25,31,37,43,47H,5-6,8-9,12,15,17,20H2,1-2H3. The number of likely N-dealkylation sites (tertiary alicyclic amines) is 1. The number of hydrogen-bond donors (Lipinski definition) is 2. The van der Waals surface area contributed by atoms with Crippen LogP contribution in [0.2, 0.25) is 0 Å². The highest BCUT2D eigenvalue weighted by atomic mass is 32.1. The van der Waals surface area contributed by atoms with Crippen molar-refractivity contribution in [1.82, 2.24) is 24.8 Å². The number of nitrogens with one attached hydrogen (secondary N) is 1. The zero-order valence-corrected chi connectivity index (χ0v) is 28.4. The lowest BCUT2D eigenvalue weighted by Gasteiger charge is -2.36. The van der Waals surface area contributed by atoms with E-state index in [0.717, 1.165) is 69.5 Å². The number of aromatic hydroxyl groups is 1. The molecule has 0 radical (unpaired) electrons. The lowest BCUT2D eigenvalue weighted by atomic mass is 9.80. The first-order valence-electron chi connectivity index (χ1n) is 17.2. The number of phenolic OH excluding ortho intramolecular Hbond substituents is 1. The van der Waals surface area contributed by atoms with E-state index in [0.29, 0.717) is 52.9 Å². The van der Waals surface area contributed by atoms with E-state index in [4.69, 9.17) is 9.72 Å². The summed E-state index contributed by atoms with van der Waals surface area (Å²) in [5.41, 5.74) is 3.80. The van der Waals surface area contributed by atoms with E-state index in [1.165, 1.54) is 0 Å². The average Bonchev–Trinajstić information content (AvgIpc) is 3.93. The second kappa shape index (κ2) is 11.8. The van der Waals surface area contributed by atoms with Gasteiger partial charge < -0.3 is 24.6 Å². The van der Waals surface area contributed by atoms with Gasteiger partial charge in [0.1, 0.15) is 17.9 Å². The van der Waals surface area contributed by atoms with Crippen molar-refractivity contribution in [1.29, 1.82) is 5.26 Å². The maximum Gasteiger partial charge on any atom is 0.224 e. The summed E-state index contributed by atoms with van der Waals surface area (Å²) in [5, 5.41) is 28.3. The Morgan fingerprint density at radius 2 is 2.06 bits per heavy atom. The Hall–Kier alpha value is -4.56. The van der Waals surface area contributed by atoms with Crippen LogP contribution in [-0.2, 0) is 6.42 Å². The molecule has 2 N–H and O–H groups in total. The number of nitrogens with zero attached hydrogens (tertiary/aromatic N) is 5. The molecule has 8 nitrogen and oxygen atoms in total. The lowest BCUT2D eigenvalue weighted by molar-refractivity contribution is 0.195. The molecule has 4 atom stereocenters. The molecule has 248 valence electrons. The van der Waals surface area contributed by atoms with E-state index in [1.54, 1.807) is 23.5 Å². The van der Waals surface area contributed by atoms with Crippen LogP contribution >= 0.6 is 11.3 Å². The third-order valence-electron chi connectivity index (χ3n) is 11.0. The van der Waals surface area contributed by atoms with E-state index in [9.17, 15) is 10.4 Å². The van der Waals surface area contributed by atoms with Crippen molar-refractivity contribution in [2.24, 2.45) is 5.92 Å². The van der Waals surface area contributed by atoms with Gasteiger partial charge in [-0.05, 0) is 92.2 Å². The molecule has 1 aliphatic carbocycles. The number of nitriles is 1. The van der Waals surface area contributed by atoms with Crippen LogP contribution in [0.3, 0.4) is 0 Å². The van der Waals surface area contributed by atoms with Gasteiger partial charge in [-0.3, -0.25) is 0 Å². The van der Waals surface area contributed by atoms with Crippen molar-refractivity contribution in [3.63, 3.8) is 0 Å². The van der Waals surface area contributed by atoms with Crippen LogP contribution in [0.25, 0.3) is 54.1 Å². The smallest absolute Gasteiger partial charge is 0.224 e. The third-order valence-corrected chi connectivity index (χ3v) is 12.0. The van der Waals surface area contributed by atoms with Crippen LogP contribution in [0, 0.1) is 30.0 Å². The van der Waals surface area contributed by atoms with E-state index < -0.39 is 5.82 Å². The number of phenols is 1. The Labute approximate surface area is 287 Å². The molecule has 3 aromatic heterocycles. The van der Waals surface area contributed by atoms with Gasteiger partial charge in [-0.2, -0.15) is 5.26 Å². The largest absolute Gasteiger partial charge is 0.508 e. The van der Waals surface area contributed by atoms with Gasteiger partial charge in [0.05, 0.1) is 32.9 Å². The maximum absolute atomic E-state index is 17.6. The Bertz CT molecular complexity index is 2310. The fourth-order valence-corrected chi connectivity index (χ4v) is 9.38. The first-order valence-corrected chi connectivity index (χ1v) is 18.0. The maximum atomic E-state index is 17.6. The molecular formula is C39H37FN6O2S. The summed E-state index contributed by atoms with van der Waals surface area (Å²) >= 11 is 1.64. The molecule has 4 fully saturated rings. The molecule has 10 heteroatoms. The molecule has 6 aromatic rings. The van der Waals surface area contributed by atoms with Crippen LogP contribution in [0.1, 0.15) is 42.3 Å². The minimum absolute atomic E-state index is 0.0545. The molecular weight excluding hydrogens is 636 g/mol. The molecule has 0 spiro atoms. The molecule has 3 saturated heterocycles. The van der Waals surface area contributed by atoms with Crippen molar-refractivity contribution >= 4 is 43.9 Å². The van der Waals surface area contributed by atoms with Gasteiger partial charge >= 0.3 is 0 Å². The average molecular weight is 673 g/mol. The summed E-state index contributed by atoms with van der Waals surface area (Å²) in [7, 11) is 2.13. The van der Waals surface area contributed by atoms with Crippen molar-refractivity contribution < 1.29 is 14.2 Å². The van der Waals surface area contributed by atoms with Gasteiger partial charge in [-0.1, -0.05) is 24.3 Å². The highest BCUT2D eigenvalue weighted by Crippen LogP contribution is 2.51. The molecule has 10 rings (SSSR count). The van der Waals surface area contributed by atoms with Crippen molar-refractivity contribution in [3.8, 4) is 39.3 Å². The molecule has 2 bridgehead atoms. The summed E-state index contributed by atoms with van der Waals surface area (Å²) < 4.78 is 26.7. The molecule has 1 saturated carbocycles. The van der Waals surface area contributed by atoms with Gasteiger partial charge in [-0.25, -0.2) is 14.4 Å². The topological polar surface area (TPSA) is 99.2 Å². The number of ether oxygens (including phenoxy) is 1. The summed E-state index contributed by atoms with van der Waals surface area (Å²) in [4.78, 5) is 13.0. The number of benzene rings is 3. The number of pyridine rings is 1. The minimum atomic E-state index is -0.469. The van der Waals surface area contributed by atoms with E-state index >= 15 is 4.39 Å². The first-order chi connectivity index (χ1) is 23.9. The predicted molar refractivity (Wildman–Crippen MR) is 192 cm³/mol. The molecule has 49 heavy (non-hydrogen) atoms. The summed E-state index contributed by atoms with van der Waals surface area (Å²) in [6, 6.07) is 16.1.